The molecule has 0 amide bonds. The Morgan fingerprint density at radius 2 is 2.17 bits per heavy atom. The highest BCUT2D eigenvalue weighted by atomic mass is 16.5. The van der Waals surface area contributed by atoms with Crippen molar-refractivity contribution in [3.63, 3.8) is 0 Å². The molecule has 4 heteroatoms. The standard InChI is InChI=1S/C14H17N3O/c1-2-4-13(11-5-6-11)12(3-1)9-15-8-7-14-16-10-18-17-14/h1-4,10-11,15H,5-9H2. The maximum Gasteiger partial charge on any atom is 0.213 e. The second-order valence-electron chi connectivity index (χ2n) is 4.75. The van der Waals surface area contributed by atoms with Crippen LogP contribution in [0.15, 0.2) is 35.2 Å². The predicted octanol–water partition coefficient (Wildman–Crippen LogP) is 2.28. The average molecular weight is 243 g/mol. The second kappa shape index (κ2) is 5.31. The molecule has 0 unspecified atom stereocenters. The summed E-state index contributed by atoms with van der Waals surface area (Å²) in [6, 6.07) is 8.72. The SMILES string of the molecule is c1ccc(C2CC2)c(CNCCc2ncon2)c1. The van der Waals surface area contributed by atoms with E-state index >= 15 is 0 Å². The number of aromatic nitrogens is 2. The summed E-state index contributed by atoms with van der Waals surface area (Å²) >= 11 is 0. The zero-order valence-corrected chi connectivity index (χ0v) is 10.3. The molecule has 0 bridgehead atoms. The van der Waals surface area contributed by atoms with E-state index in [1.807, 2.05) is 0 Å². The van der Waals surface area contributed by atoms with Gasteiger partial charge < -0.3 is 9.84 Å². The van der Waals surface area contributed by atoms with Gasteiger partial charge in [0.1, 0.15) is 0 Å². The first-order valence-electron chi connectivity index (χ1n) is 6.47. The fourth-order valence-corrected chi connectivity index (χ4v) is 2.21. The predicted molar refractivity (Wildman–Crippen MR) is 68.1 cm³/mol. The van der Waals surface area contributed by atoms with Gasteiger partial charge in [0.15, 0.2) is 5.82 Å². The summed E-state index contributed by atoms with van der Waals surface area (Å²) in [4.78, 5) is 4.00. The Balaban J connectivity index is 1.50. The van der Waals surface area contributed by atoms with Crippen LogP contribution in [0.3, 0.4) is 0 Å². The summed E-state index contributed by atoms with van der Waals surface area (Å²) in [5, 5.41) is 7.23. The maximum atomic E-state index is 4.70. The minimum atomic E-state index is 0.762. The molecule has 1 aliphatic carbocycles. The van der Waals surface area contributed by atoms with Gasteiger partial charge in [-0.25, -0.2) is 0 Å². The van der Waals surface area contributed by atoms with Gasteiger partial charge in [0.05, 0.1) is 0 Å². The molecule has 4 nitrogen and oxygen atoms in total. The largest absolute Gasteiger partial charge is 0.343 e. The summed E-state index contributed by atoms with van der Waals surface area (Å²) in [6.07, 6.45) is 4.87. The summed E-state index contributed by atoms with van der Waals surface area (Å²) in [5.41, 5.74) is 2.94. The molecule has 0 saturated heterocycles. The molecule has 1 fully saturated rings. The molecule has 1 aromatic carbocycles. The van der Waals surface area contributed by atoms with Crippen molar-refractivity contribution in [3.05, 3.63) is 47.6 Å². The van der Waals surface area contributed by atoms with Crippen LogP contribution in [0.25, 0.3) is 0 Å². The number of benzene rings is 1. The van der Waals surface area contributed by atoms with Crippen molar-refractivity contribution < 1.29 is 4.52 Å². The first-order chi connectivity index (χ1) is 8.93. The summed E-state index contributed by atoms with van der Waals surface area (Å²) in [5.74, 6) is 1.57. The molecular weight excluding hydrogens is 226 g/mol. The van der Waals surface area contributed by atoms with Gasteiger partial charge in [0, 0.05) is 19.5 Å². The van der Waals surface area contributed by atoms with E-state index in [2.05, 4.69) is 39.7 Å². The molecule has 1 aliphatic rings. The molecule has 94 valence electrons. The number of rotatable bonds is 6. The monoisotopic (exact) mass is 243 g/mol. The Kier molecular flexibility index (Phi) is 3.37. The van der Waals surface area contributed by atoms with Crippen LogP contribution >= 0.6 is 0 Å². The third kappa shape index (κ3) is 2.76. The van der Waals surface area contributed by atoms with Crippen LogP contribution in [0.1, 0.15) is 35.7 Å². The zero-order valence-electron chi connectivity index (χ0n) is 10.3. The van der Waals surface area contributed by atoms with Gasteiger partial charge in [0.25, 0.3) is 0 Å². The van der Waals surface area contributed by atoms with Crippen molar-refractivity contribution in [2.75, 3.05) is 6.54 Å². The lowest BCUT2D eigenvalue weighted by Gasteiger charge is -2.09. The van der Waals surface area contributed by atoms with Gasteiger partial charge in [-0.15, -0.1) is 0 Å². The summed E-state index contributed by atoms with van der Waals surface area (Å²) < 4.78 is 4.70. The normalized spacial score (nSPS) is 14.9. The second-order valence-corrected chi connectivity index (χ2v) is 4.75. The van der Waals surface area contributed by atoms with Crippen LogP contribution in [0.2, 0.25) is 0 Å². The molecule has 2 aromatic rings. The molecule has 0 aliphatic heterocycles. The van der Waals surface area contributed by atoms with Crippen molar-refractivity contribution in [1.29, 1.82) is 0 Å². The minimum absolute atomic E-state index is 0.762. The van der Waals surface area contributed by atoms with Crippen molar-refractivity contribution in [2.45, 2.75) is 31.7 Å². The van der Waals surface area contributed by atoms with Gasteiger partial charge in [-0.1, -0.05) is 29.4 Å². The van der Waals surface area contributed by atoms with Crippen LogP contribution in [-0.4, -0.2) is 16.7 Å². The van der Waals surface area contributed by atoms with E-state index in [0.717, 1.165) is 31.3 Å². The van der Waals surface area contributed by atoms with Gasteiger partial charge in [0.2, 0.25) is 6.39 Å². The Labute approximate surface area is 106 Å². The third-order valence-corrected chi connectivity index (χ3v) is 3.32. The quantitative estimate of drug-likeness (QED) is 0.791. The van der Waals surface area contributed by atoms with E-state index in [0.29, 0.717) is 0 Å². The molecule has 1 heterocycles. The molecule has 1 saturated carbocycles. The summed E-state index contributed by atoms with van der Waals surface area (Å²) in [6.45, 7) is 1.79. The van der Waals surface area contributed by atoms with E-state index in [4.69, 9.17) is 4.52 Å². The van der Waals surface area contributed by atoms with Crippen LogP contribution in [0.4, 0.5) is 0 Å². The smallest absolute Gasteiger partial charge is 0.213 e. The van der Waals surface area contributed by atoms with Crippen molar-refractivity contribution in [1.82, 2.24) is 15.5 Å². The van der Waals surface area contributed by atoms with Gasteiger partial charge >= 0.3 is 0 Å². The molecule has 0 radical (unpaired) electrons. The molecule has 18 heavy (non-hydrogen) atoms. The molecule has 3 rings (SSSR count). The fraction of sp³-hybridized carbons (Fsp3) is 0.429. The molecule has 0 atom stereocenters. The molecule has 1 aromatic heterocycles. The van der Waals surface area contributed by atoms with Crippen molar-refractivity contribution >= 4 is 0 Å². The maximum absolute atomic E-state index is 4.70. The van der Waals surface area contributed by atoms with Crippen LogP contribution in [0, 0.1) is 0 Å². The van der Waals surface area contributed by atoms with Crippen LogP contribution in [-0.2, 0) is 13.0 Å². The lowest BCUT2D eigenvalue weighted by atomic mass is 10.0. The Morgan fingerprint density at radius 3 is 2.94 bits per heavy atom. The Morgan fingerprint density at radius 1 is 1.28 bits per heavy atom. The topological polar surface area (TPSA) is 51.0 Å². The fourth-order valence-electron chi connectivity index (χ4n) is 2.21. The Bertz CT molecular complexity index is 492. The van der Waals surface area contributed by atoms with Crippen molar-refractivity contribution in [3.8, 4) is 0 Å². The molecule has 1 N–H and O–H groups in total. The first kappa shape index (κ1) is 11.4. The van der Waals surface area contributed by atoms with E-state index in [1.165, 1.54) is 30.4 Å². The summed E-state index contributed by atoms with van der Waals surface area (Å²) in [7, 11) is 0. The van der Waals surface area contributed by atoms with E-state index in [1.54, 1.807) is 0 Å². The molecular formula is C14H17N3O. The van der Waals surface area contributed by atoms with Crippen LogP contribution in [0.5, 0.6) is 0 Å². The van der Waals surface area contributed by atoms with Gasteiger partial charge in [-0.2, -0.15) is 4.98 Å². The zero-order chi connectivity index (χ0) is 12.2. The average Bonchev–Trinajstić information content (AvgIpc) is 3.12. The van der Waals surface area contributed by atoms with E-state index < -0.39 is 0 Å². The highest BCUT2D eigenvalue weighted by Gasteiger charge is 2.25. The van der Waals surface area contributed by atoms with Gasteiger partial charge in [-0.05, 0) is 29.9 Å². The molecule has 0 spiro atoms. The lowest BCUT2D eigenvalue weighted by Crippen LogP contribution is -2.18. The number of nitrogens with one attached hydrogen (secondary N) is 1. The van der Waals surface area contributed by atoms with Crippen LogP contribution < -0.4 is 5.32 Å². The number of hydrogen-bond acceptors (Lipinski definition) is 4. The minimum Gasteiger partial charge on any atom is -0.343 e. The lowest BCUT2D eigenvalue weighted by molar-refractivity contribution is 0.409. The van der Waals surface area contributed by atoms with E-state index in [9.17, 15) is 0 Å². The van der Waals surface area contributed by atoms with Crippen molar-refractivity contribution in [2.24, 2.45) is 0 Å². The van der Waals surface area contributed by atoms with Gasteiger partial charge in [-0.3, -0.25) is 0 Å². The third-order valence-electron chi connectivity index (χ3n) is 3.32. The highest BCUT2D eigenvalue weighted by molar-refractivity contribution is 5.33. The highest BCUT2D eigenvalue weighted by Crippen LogP contribution is 2.41. The first-order valence-corrected chi connectivity index (χ1v) is 6.47. The number of nitrogens with zero attached hydrogens (tertiary/aromatic N) is 2. The number of hydrogen-bond donors (Lipinski definition) is 1. The van der Waals surface area contributed by atoms with E-state index in [-0.39, 0.29) is 0 Å². The Hall–Kier alpha value is -1.68.